The minimum atomic E-state index is -3.87. The molecule has 0 N–H and O–H groups in total. The summed E-state index contributed by atoms with van der Waals surface area (Å²) in [5.74, 6) is 0.152. The fraction of sp³-hybridized carbons (Fsp3) is 0.632. The van der Waals surface area contributed by atoms with Crippen LogP contribution in [0.4, 0.5) is 4.39 Å². The number of hydrogen-bond acceptors (Lipinski definition) is 4. The molecule has 2 fully saturated rings. The SMILES string of the molecule is COc1ccc(F)cc1S(=O)(=O)N1CCC(C(=O)N2CCC(C)CC2)CC1. The zero-order valence-electron chi connectivity index (χ0n) is 15.9. The molecule has 27 heavy (non-hydrogen) atoms. The summed E-state index contributed by atoms with van der Waals surface area (Å²) in [7, 11) is -2.51. The number of hydrogen-bond donors (Lipinski definition) is 0. The fourth-order valence-electron chi connectivity index (χ4n) is 3.82. The maximum Gasteiger partial charge on any atom is 0.246 e. The van der Waals surface area contributed by atoms with Gasteiger partial charge in [-0.2, -0.15) is 4.31 Å². The molecule has 3 rings (SSSR count). The van der Waals surface area contributed by atoms with E-state index in [1.165, 1.54) is 23.5 Å². The first-order chi connectivity index (χ1) is 12.8. The summed E-state index contributed by atoms with van der Waals surface area (Å²) in [5.41, 5.74) is 0. The van der Waals surface area contributed by atoms with E-state index in [-0.39, 0.29) is 35.6 Å². The summed E-state index contributed by atoms with van der Waals surface area (Å²) in [4.78, 5) is 14.5. The highest BCUT2D eigenvalue weighted by Crippen LogP contribution is 2.31. The van der Waals surface area contributed by atoms with Gasteiger partial charge in [0, 0.05) is 32.1 Å². The van der Waals surface area contributed by atoms with E-state index in [1.807, 2.05) is 4.90 Å². The molecule has 6 nitrogen and oxygen atoms in total. The molecule has 2 saturated heterocycles. The molecule has 0 atom stereocenters. The van der Waals surface area contributed by atoms with Crippen molar-refractivity contribution >= 4 is 15.9 Å². The Labute approximate surface area is 160 Å². The van der Waals surface area contributed by atoms with E-state index < -0.39 is 15.8 Å². The van der Waals surface area contributed by atoms with Crippen LogP contribution >= 0.6 is 0 Å². The van der Waals surface area contributed by atoms with Crippen molar-refractivity contribution in [2.24, 2.45) is 11.8 Å². The Balaban J connectivity index is 1.66. The van der Waals surface area contributed by atoms with Crippen molar-refractivity contribution in [3.8, 4) is 5.75 Å². The summed E-state index contributed by atoms with van der Waals surface area (Å²) in [6.45, 7) is 4.29. The molecule has 0 bridgehead atoms. The second kappa shape index (κ2) is 8.14. The molecule has 150 valence electrons. The van der Waals surface area contributed by atoms with Gasteiger partial charge in [-0.1, -0.05) is 6.92 Å². The number of likely N-dealkylation sites (tertiary alicyclic amines) is 1. The average molecular weight is 399 g/mol. The van der Waals surface area contributed by atoms with Crippen LogP contribution in [0.25, 0.3) is 0 Å². The van der Waals surface area contributed by atoms with E-state index in [1.54, 1.807) is 0 Å². The second-order valence-corrected chi connectivity index (χ2v) is 9.39. The molecule has 0 aromatic heterocycles. The van der Waals surface area contributed by atoms with E-state index >= 15 is 0 Å². The number of rotatable bonds is 4. The standard InChI is InChI=1S/C19H27FN2O4S/c1-14-5-9-21(10-6-14)19(23)15-7-11-22(12-8-15)27(24,25)18-13-16(20)3-4-17(18)26-2/h3-4,13-15H,5-12H2,1-2H3. The van der Waals surface area contributed by atoms with Crippen LogP contribution in [0.3, 0.4) is 0 Å². The zero-order valence-corrected chi connectivity index (χ0v) is 16.7. The largest absolute Gasteiger partial charge is 0.495 e. The number of benzene rings is 1. The van der Waals surface area contributed by atoms with E-state index in [2.05, 4.69) is 6.92 Å². The molecular weight excluding hydrogens is 371 g/mol. The quantitative estimate of drug-likeness (QED) is 0.782. The lowest BCUT2D eigenvalue weighted by molar-refractivity contribution is -0.138. The van der Waals surface area contributed by atoms with Gasteiger partial charge in [-0.15, -0.1) is 0 Å². The Morgan fingerprint density at radius 2 is 1.74 bits per heavy atom. The van der Waals surface area contributed by atoms with Crippen LogP contribution in [0, 0.1) is 17.7 Å². The first kappa shape index (κ1) is 20.1. The van der Waals surface area contributed by atoms with E-state index in [0.29, 0.717) is 18.8 Å². The van der Waals surface area contributed by atoms with E-state index in [9.17, 15) is 17.6 Å². The molecule has 1 aromatic rings. The lowest BCUT2D eigenvalue weighted by atomic mass is 9.93. The van der Waals surface area contributed by atoms with Crippen molar-refractivity contribution in [3.05, 3.63) is 24.0 Å². The lowest BCUT2D eigenvalue weighted by Gasteiger charge is -2.36. The minimum Gasteiger partial charge on any atom is -0.495 e. The normalized spacial score (nSPS) is 20.6. The summed E-state index contributed by atoms with van der Waals surface area (Å²) in [6, 6.07) is 3.47. The van der Waals surface area contributed by atoms with Gasteiger partial charge in [-0.05, 0) is 49.8 Å². The molecule has 8 heteroatoms. The van der Waals surface area contributed by atoms with Gasteiger partial charge in [-0.25, -0.2) is 12.8 Å². The Kier molecular flexibility index (Phi) is 6.05. The monoisotopic (exact) mass is 398 g/mol. The smallest absolute Gasteiger partial charge is 0.246 e. The number of amides is 1. The van der Waals surface area contributed by atoms with Crippen molar-refractivity contribution in [1.82, 2.24) is 9.21 Å². The first-order valence-electron chi connectivity index (χ1n) is 9.45. The highest BCUT2D eigenvalue weighted by molar-refractivity contribution is 7.89. The van der Waals surface area contributed by atoms with Gasteiger partial charge < -0.3 is 9.64 Å². The van der Waals surface area contributed by atoms with E-state index in [4.69, 9.17) is 4.74 Å². The molecule has 0 aliphatic carbocycles. The highest BCUT2D eigenvalue weighted by Gasteiger charge is 2.35. The van der Waals surface area contributed by atoms with Gasteiger partial charge in [0.1, 0.15) is 16.5 Å². The number of nitrogens with zero attached hydrogens (tertiary/aromatic N) is 2. The molecule has 1 aromatic carbocycles. The Bertz CT molecular complexity index is 783. The molecule has 2 heterocycles. The van der Waals surface area contributed by atoms with E-state index in [0.717, 1.165) is 32.0 Å². The number of piperidine rings is 2. The van der Waals surface area contributed by atoms with Crippen molar-refractivity contribution in [3.63, 3.8) is 0 Å². The molecule has 2 aliphatic rings. The predicted molar refractivity (Wildman–Crippen MR) is 99.4 cm³/mol. The van der Waals surface area contributed by atoms with Gasteiger partial charge in [0.25, 0.3) is 0 Å². The van der Waals surface area contributed by atoms with Crippen molar-refractivity contribution < 1.29 is 22.3 Å². The van der Waals surface area contributed by atoms with Crippen molar-refractivity contribution in [2.75, 3.05) is 33.3 Å². The fourth-order valence-corrected chi connectivity index (χ4v) is 5.46. The summed E-state index contributed by atoms with van der Waals surface area (Å²) in [6.07, 6.45) is 3.03. The number of methoxy groups -OCH3 is 1. The summed E-state index contributed by atoms with van der Waals surface area (Å²) in [5, 5.41) is 0. The van der Waals surface area contributed by atoms with Crippen LogP contribution in [0.1, 0.15) is 32.6 Å². The van der Waals surface area contributed by atoms with Gasteiger partial charge in [0.15, 0.2) is 0 Å². The van der Waals surface area contributed by atoms with Crippen LogP contribution in [-0.4, -0.2) is 56.8 Å². The number of sulfonamides is 1. The maximum atomic E-state index is 13.6. The molecular formula is C19H27FN2O4S. The second-order valence-electron chi connectivity index (χ2n) is 7.48. The van der Waals surface area contributed by atoms with Crippen LogP contribution in [0.15, 0.2) is 23.1 Å². The molecule has 0 unspecified atom stereocenters. The molecule has 0 radical (unpaired) electrons. The van der Waals surface area contributed by atoms with Gasteiger partial charge >= 0.3 is 0 Å². The Hall–Kier alpha value is -1.67. The van der Waals surface area contributed by atoms with Crippen LogP contribution < -0.4 is 4.74 Å². The maximum absolute atomic E-state index is 13.6. The summed E-state index contributed by atoms with van der Waals surface area (Å²) >= 11 is 0. The van der Waals surface area contributed by atoms with Crippen LogP contribution in [0.5, 0.6) is 5.75 Å². The lowest BCUT2D eigenvalue weighted by Crippen LogP contribution is -2.46. The third kappa shape index (κ3) is 4.27. The molecule has 2 aliphatic heterocycles. The first-order valence-corrected chi connectivity index (χ1v) is 10.9. The van der Waals surface area contributed by atoms with Gasteiger partial charge in [0.05, 0.1) is 7.11 Å². The minimum absolute atomic E-state index is 0.122. The zero-order chi connectivity index (χ0) is 19.6. The topological polar surface area (TPSA) is 66.9 Å². The van der Waals surface area contributed by atoms with Crippen LogP contribution in [0.2, 0.25) is 0 Å². The molecule has 0 saturated carbocycles. The number of carbonyl (C=O) groups excluding carboxylic acids is 1. The molecule has 1 amide bonds. The third-order valence-corrected chi connectivity index (χ3v) is 7.56. The van der Waals surface area contributed by atoms with Gasteiger partial charge in [-0.3, -0.25) is 4.79 Å². The predicted octanol–water partition coefficient (Wildman–Crippen LogP) is 2.49. The average Bonchev–Trinajstić information content (AvgIpc) is 2.68. The molecule has 0 spiro atoms. The Morgan fingerprint density at radius 3 is 2.33 bits per heavy atom. The van der Waals surface area contributed by atoms with Crippen molar-refractivity contribution in [2.45, 2.75) is 37.5 Å². The highest BCUT2D eigenvalue weighted by atomic mass is 32.2. The number of ether oxygens (including phenoxy) is 1. The number of carbonyl (C=O) groups is 1. The van der Waals surface area contributed by atoms with Crippen LogP contribution in [-0.2, 0) is 14.8 Å². The number of halogens is 1. The van der Waals surface area contributed by atoms with Gasteiger partial charge in [0.2, 0.25) is 15.9 Å². The van der Waals surface area contributed by atoms with Crippen molar-refractivity contribution in [1.29, 1.82) is 0 Å². The third-order valence-electron chi connectivity index (χ3n) is 5.64. The Morgan fingerprint density at radius 1 is 1.11 bits per heavy atom. The summed E-state index contributed by atoms with van der Waals surface area (Å²) < 4.78 is 45.8.